The van der Waals surface area contributed by atoms with Crippen molar-refractivity contribution in [3.8, 4) is 0 Å². The summed E-state index contributed by atoms with van der Waals surface area (Å²) in [6.07, 6.45) is 10.1. The molecule has 1 aliphatic heterocycles. The van der Waals surface area contributed by atoms with E-state index in [4.69, 9.17) is 0 Å². The van der Waals surface area contributed by atoms with Gasteiger partial charge in [0, 0.05) is 12.6 Å². The van der Waals surface area contributed by atoms with E-state index < -0.39 is 0 Å². The van der Waals surface area contributed by atoms with Gasteiger partial charge < -0.3 is 10.6 Å². The zero-order valence-corrected chi connectivity index (χ0v) is 12.6. The SMILES string of the molecule is C[C@@H](NC(=O)C1(C)CCCNC1)C1CCCCCC1. The first-order valence-corrected chi connectivity index (χ1v) is 8.13. The third-order valence-electron chi connectivity index (χ3n) is 5.11. The summed E-state index contributed by atoms with van der Waals surface area (Å²) in [5, 5.41) is 6.67. The molecule has 3 heteroatoms. The minimum Gasteiger partial charge on any atom is -0.353 e. The fraction of sp³-hybridized carbons (Fsp3) is 0.938. The third-order valence-corrected chi connectivity index (χ3v) is 5.11. The number of carbonyl (C=O) groups is 1. The van der Waals surface area contributed by atoms with Crippen molar-refractivity contribution in [2.45, 2.75) is 71.3 Å². The van der Waals surface area contributed by atoms with E-state index in [1.807, 2.05) is 0 Å². The molecular formula is C16H30N2O. The topological polar surface area (TPSA) is 41.1 Å². The maximum absolute atomic E-state index is 12.5. The number of piperidine rings is 1. The van der Waals surface area contributed by atoms with Gasteiger partial charge >= 0.3 is 0 Å². The Morgan fingerprint density at radius 3 is 2.47 bits per heavy atom. The number of nitrogens with one attached hydrogen (secondary N) is 2. The van der Waals surface area contributed by atoms with Crippen molar-refractivity contribution in [2.24, 2.45) is 11.3 Å². The van der Waals surface area contributed by atoms with Gasteiger partial charge in [-0.3, -0.25) is 4.79 Å². The highest BCUT2D eigenvalue weighted by atomic mass is 16.2. The molecule has 0 radical (unpaired) electrons. The van der Waals surface area contributed by atoms with Crippen LogP contribution in [0, 0.1) is 11.3 Å². The number of carbonyl (C=O) groups excluding carboxylic acids is 1. The van der Waals surface area contributed by atoms with Crippen molar-refractivity contribution in [1.29, 1.82) is 0 Å². The van der Waals surface area contributed by atoms with Gasteiger partial charge in [-0.1, -0.05) is 25.7 Å². The van der Waals surface area contributed by atoms with Gasteiger partial charge in [0.15, 0.2) is 0 Å². The molecule has 110 valence electrons. The lowest BCUT2D eigenvalue weighted by Gasteiger charge is -2.35. The molecule has 2 atom stereocenters. The van der Waals surface area contributed by atoms with Crippen LogP contribution in [-0.4, -0.2) is 25.0 Å². The molecule has 0 spiro atoms. The van der Waals surface area contributed by atoms with Crippen molar-refractivity contribution in [3.05, 3.63) is 0 Å². The standard InChI is InChI=1S/C16H30N2O/c1-13(14-8-5-3-4-6-9-14)18-15(19)16(2)10-7-11-17-12-16/h13-14,17H,3-12H2,1-2H3,(H,18,19)/t13-,16?/m1/s1. The average Bonchev–Trinajstić information content (AvgIpc) is 2.68. The molecule has 0 aromatic rings. The summed E-state index contributed by atoms with van der Waals surface area (Å²) >= 11 is 0. The fourth-order valence-electron chi connectivity index (χ4n) is 3.56. The molecule has 2 fully saturated rings. The minimum atomic E-state index is -0.197. The molecule has 1 amide bonds. The lowest BCUT2D eigenvalue weighted by molar-refractivity contribution is -0.132. The van der Waals surface area contributed by atoms with Crippen molar-refractivity contribution in [2.75, 3.05) is 13.1 Å². The summed E-state index contributed by atoms with van der Waals surface area (Å²) in [6, 6.07) is 0.337. The smallest absolute Gasteiger partial charge is 0.227 e. The van der Waals surface area contributed by atoms with E-state index in [1.165, 1.54) is 38.5 Å². The Labute approximate surface area is 117 Å². The highest BCUT2D eigenvalue weighted by Crippen LogP contribution is 2.28. The van der Waals surface area contributed by atoms with Gasteiger partial charge in [-0.15, -0.1) is 0 Å². The normalized spacial score (nSPS) is 31.5. The predicted octanol–water partition coefficient (Wildman–Crippen LogP) is 2.85. The van der Waals surface area contributed by atoms with Crippen LogP contribution in [0.1, 0.15) is 65.2 Å². The Bertz CT molecular complexity index is 289. The molecule has 0 aromatic heterocycles. The molecule has 3 nitrogen and oxygen atoms in total. The molecule has 0 bridgehead atoms. The fourth-order valence-corrected chi connectivity index (χ4v) is 3.56. The van der Waals surface area contributed by atoms with E-state index in [2.05, 4.69) is 24.5 Å². The molecule has 1 saturated heterocycles. The Balaban J connectivity index is 1.86. The lowest BCUT2D eigenvalue weighted by Crippen LogP contribution is -2.51. The maximum atomic E-state index is 12.5. The van der Waals surface area contributed by atoms with Gasteiger partial charge in [0.05, 0.1) is 5.41 Å². The van der Waals surface area contributed by atoms with Crippen LogP contribution >= 0.6 is 0 Å². The van der Waals surface area contributed by atoms with Crippen LogP contribution in [0.2, 0.25) is 0 Å². The maximum Gasteiger partial charge on any atom is 0.227 e. The van der Waals surface area contributed by atoms with Crippen LogP contribution in [0.25, 0.3) is 0 Å². The van der Waals surface area contributed by atoms with Crippen molar-refractivity contribution in [1.82, 2.24) is 10.6 Å². The summed E-state index contributed by atoms with van der Waals surface area (Å²) in [6.45, 7) is 6.19. The molecule has 1 aliphatic carbocycles. The molecule has 19 heavy (non-hydrogen) atoms. The predicted molar refractivity (Wildman–Crippen MR) is 79.0 cm³/mol. The van der Waals surface area contributed by atoms with E-state index in [9.17, 15) is 4.79 Å². The van der Waals surface area contributed by atoms with E-state index in [-0.39, 0.29) is 11.3 Å². The van der Waals surface area contributed by atoms with Gasteiger partial charge in [0.25, 0.3) is 0 Å². The summed E-state index contributed by atoms with van der Waals surface area (Å²) in [4.78, 5) is 12.5. The molecule has 1 heterocycles. The molecule has 2 aliphatic rings. The summed E-state index contributed by atoms with van der Waals surface area (Å²) < 4.78 is 0. The van der Waals surface area contributed by atoms with Gasteiger partial charge in [0.2, 0.25) is 5.91 Å². The zero-order chi connectivity index (χ0) is 13.7. The molecule has 0 aromatic carbocycles. The minimum absolute atomic E-state index is 0.197. The quantitative estimate of drug-likeness (QED) is 0.771. The van der Waals surface area contributed by atoms with Gasteiger partial charge in [0.1, 0.15) is 0 Å². The van der Waals surface area contributed by atoms with E-state index in [1.54, 1.807) is 0 Å². The van der Waals surface area contributed by atoms with Crippen molar-refractivity contribution >= 4 is 5.91 Å². The van der Waals surface area contributed by atoms with Gasteiger partial charge in [-0.05, 0) is 52.0 Å². The van der Waals surface area contributed by atoms with Crippen LogP contribution in [0.5, 0.6) is 0 Å². The van der Waals surface area contributed by atoms with Gasteiger partial charge in [-0.2, -0.15) is 0 Å². The number of amides is 1. The summed E-state index contributed by atoms with van der Waals surface area (Å²) in [5.41, 5.74) is -0.197. The second kappa shape index (κ2) is 6.74. The van der Waals surface area contributed by atoms with Crippen LogP contribution in [0.4, 0.5) is 0 Å². The van der Waals surface area contributed by atoms with E-state index in [0.717, 1.165) is 25.9 Å². The van der Waals surface area contributed by atoms with Gasteiger partial charge in [-0.25, -0.2) is 0 Å². The molecule has 1 saturated carbocycles. The summed E-state index contributed by atoms with van der Waals surface area (Å²) in [7, 11) is 0. The molecule has 2 N–H and O–H groups in total. The third kappa shape index (κ3) is 3.95. The highest BCUT2D eigenvalue weighted by molar-refractivity contribution is 5.82. The van der Waals surface area contributed by atoms with E-state index >= 15 is 0 Å². The molecule has 1 unspecified atom stereocenters. The highest BCUT2D eigenvalue weighted by Gasteiger charge is 2.35. The van der Waals surface area contributed by atoms with Crippen molar-refractivity contribution < 1.29 is 4.79 Å². The molecular weight excluding hydrogens is 236 g/mol. The van der Waals surface area contributed by atoms with E-state index in [0.29, 0.717) is 12.0 Å². The lowest BCUT2D eigenvalue weighted by atomic mass is 9.81. The second-order valence-electron chi connectivity index (χ2n) is 6.85. The largest absolute Gasteiger partial charge is 0.353 e. The van der Waals surface area contributed by atoms with Crippen LogP contribution in [0.15, 0.2) is 0 Å². The van der Waals surface area contributed by atoms with Crippen molar-refractivity contribution in [3.63, 3.8) is 0 Å². The first-order chi connectivity index (χ1) is 9.12. The zero-order valence-electron chi connectivity index (χ0n) is 12.6. The Hall–Kier alpha value is -0.570. The van der Waals surface area contributed by atoms with Crippen LogP contribution < -0.4 is 10.6 Å². The van der Waals surface area contributed by atoms with Crippen LogP contribution in [0.3, 0.4) is 0 Å². The number of rotatable bonds is 3. The molecule has 2 rings (SSSR count). The van der Waals surface area contributed by atoms with Crippen LogP contribution in [-0.2, 0) is 4.79 Å². The number of hydrogen-bond acceptors (Lipinski definition) is 2. The monoisotopic (exact) mass is 266 g/mol. The number of hydrogen-bond donors (Lipinski definition) is 2. The first-order valence-electron chi connectivity index (χ1n) is 8.13. The Kier molecular flexibility index (Phi) is 5.26. The Morgan fingerprint density at radius 2 is 1.89 bits per heavy atom. The Morgan fingerprint density at radius 1 is 1.21 bits per heavy atom. The average molecular weight is 266 g/mol. The first kappa shape index (κ1) is 14.8. The summed E-state index contributed by atoms with van der Waals surface area (Å²) in [5.74, 6) is 0.947. The second-order valence-corrected chi connectivity index (χ2v) is 6.85.